The van der Waals surface area contributed by atoms with E-state index in [-0.39, 0.29) is 23.9 Å². The van der Waals surface area contributed by atoms with Gasteiger partial charge in [0.25, 0.3) is 11.8 Å². The minimum atomic E-state index is -1.25. The number of likely N-dealkylation sites (tertiary alicyclic amines) is 2. The zero-order chi connectivity index (χ0) is 36.5. The minimum Gasteiger partial charge on any atom is -0.465 e. The Morgan fingerprint density at radius 3 is 1.79 bits per heavy atom. The van der Waals surface area contributed by atoms with Gasteiger partial charge in [-0.3, -0.25) is 9.59 Å². The highest BCUT2D eigenvalue weighted by molar-refractivity contribution is 5.93. The fourth-order valence-electron chi connectivity index (χ4n) is 7.53. The molecule has 6 aromatic rings. The standard InChI is InChI=1S/C40H39N9O4/c1-47-24-41-23-34(47)38(50)48-19-5-9-32(48)36-42-21-30(44-36)27-15-11-25(12-16-27)26-13-17-28(18-14-26)31-22-43-37(45-31)33-10-6-20-49(33)39(51)35(46-40(52)53)29-7-3-2-4-8-29/h2-4,7-8,11-18,21-24,32-33,35,46H,5-6,9-10,19-20H2,1H3,(H,42,44)(H,43,45)(H,52,53)/t32-,33-,35+/m0/s1. The van der Waals surface area contributed by atoms with Crippen LogP contribution in [0.4, 0.5) is 4.79 Å². The number of carbonyl (C=O) groups is 3. The summed E-state index contributed by atoms with van der Waals surface area (Å²) in [7, 11) is 1.83. The third-order valence-corrected chi connectivity index (χ3v) is 10.3. The van der Waals surface area contributed by atoms with Gasteiger partial charge in [-0.15, -0.1) is 0 Å². The summed E-state index contributed by atoms with van der Waals surface area (Å²) in [6.07, 6.45) is 8.90. The molecule has 3 aromatic heterocycles. The van der Waals surface area contributed by atoms with Crippen molar-refractivity contribution in [2.45, 2.75) is 43.8 Å². The van der Waals surface area contributed by atoms with Gasteiger partial charge in [0.05, 0.1) is 48.4 Å². The largest absolute Gasteiger partial charge is 0.465 e. The summed E-state index contributed by atoms with van der Waals surface area (Å²) in [5.74, 6) is 1.13. The number of aromatic nitrogens is 6. The van der Waals surface area contributed by atoms with E-state index in [1.54, 1.807) is 52.5 Å². The van der Waals surface area contributed by atoms with Crippen molar-refractivity contribution in [2.75, 3.05) is 13.1 Å². The van der Waals surface area contributed by atoms with Gasteiger partial charge in [-0.2, -0.15) is 0 Å². The number of carboxylic acid groups (broad SMARTS) is 1. The molecule has 13 heteroatoms. The molecular formula is C40H39N9O4. The van der Waals surface area contributed by atoms with Crippen LogP contribution >= 0.6 is 0 Å². The van der Waals surface area contributed by atoms with Gasteiger partial charge in [-0.05, 0) is 53.5 Å². The first-order valence-electron chi connectivity index (χ1n) is 17.8. The molecule has 8 rings (SSSR count). The summed E-state index contributed by atoms with van der Waals surface area (Å²) >= 11 is 0. The quantitative estimate of drug-likeness (QED) is 0.133. The molecule has 2 fully saturated rings. The molecule has 3 atom stereocenters. The molecule has 0 bridgehead atoms. The number of rotatable bonds is 9. The van der Waals surface area contributed by atoms with Crippen LogP contribution < -0.4 is 5.32 Å². The molecule has 2 saturated heterocycles. The molecule has 3 aromatic carbocycles. The van der Waals surface area contributed by atoms with E-state index in [1.165, 1.54) is 0 Å². The van der Waals surface area contributed by atoms with Crippen LogP contribution in [0.2, 0.25) is 0 Å². The van der Waals surface area contributed by atoms with E-state index in [0.717, 1.165) is 65.1 Å². The van der Waals surface area contributed by atoms with Crippen molar-refractivity contribution in [3.05, 3.63) is 127 Å². The smallest absolute Gasteiger partial charge is 0.405 e. The van der Waals surface area contributed by atoms with Crippen LogP contribution in [0.5, 0.6) is 0 Å². The highest BCUT2D eigenvalue weighted by Gasteiger charge is 2.37. The van der Waals surface area contributed by atoms with E-state index in [9.17, 15) is 19.5 Å². The second kappa shape index (κ2) is 14.3. The molecule has 53 heavy (non-hydrogen) atoms. The summed E-state index contributed by atoms with van der Waals surface area (Å²) in [6, 6.07) is 24.0. The Kier molecular flexibility index (Phi) is 9.05. The van der Waals surface area contributed by atoms with E-state index in [1.807, 2.05) is 36.3 Å². The van der Waals surface area contributed by atoms with E-state index in [2.05, 4.69) is 66.6 Å². The Morgan fingerprint density at radius 2 is 1.26 bits per heavy atom. The first kappa shape index (κ1) is 33.6. The number of hydrogen-bond donors (Lipinski definition) is 4. The van der Waals surface area contributed by atoms with Crippen LogP contribution in [0.3, 0.4) is 0 Å². The molecule has 0 saturated carbocycles. The van der Waals surface area contributed by atoms with Crippen LogP contribution in [-0.4, -0.2) is 75.4 Å². The third-order valence-electron chi connectivity index (χ3n) is 10.3. The second-order valence-electron chi connectivity index (χ2n) is 13.5. The number of amides is 3. The first-order valence-corrected chi connectivity index (χ1v) is 17.8. The number of imidazole rings is 3. The molecule has 0 aliphatic carbocycles. The fourth-order valence-corrected chi connectivity index (χ4v) is 7.53. The number of aromatic amines is 2. The van der Waals surface area contributed by atoms with Crippen molar-refractivity contribution in [2.24, 2.45) is 7.05 Å². The Balaban J connectivity index is 0.935. The second-order valence-corrected chi connectivity index (χ2v) is 13.5. The summed E-state index contributed by atoms with van der Waals surface area (Å²) in [5, 5.41) is 11.9. The number of hydrogen-bond acceptors (Lipinski definition) is 6. The first-order chi connectivity index (χ1) is 25.8. The van der Waals surface area contributed by atoms with Gasteiger partial charge >= 0.3 is 6.09 Å². The SMILES string of the molecule is Cn1cncc1C(=O)N1CCC[C@H]1c1ncc(-c2ccc(-c3ccc(-c4cnc([C@@H]5CCCN5C(=O)[C@H](NC(=O)O)c5ccccc5)[nH]4)cc3)cc2)[nH]1. The maximum absolute atomic E-state index is 13.7. The molecule has 5 heterocycles. The number of nitrogens with zero attached hydrogens (tertiary/aromatic N) is 6. The average Bonchev–Trinajstić information content (AvgIpc) is 4.03. The van der Waals surface area contributed by atoms with Gasteiger partial charge in [0.2, 0.25) is 0 Å². The maximum atomic E-state index is 13.7. The lowest BCUT2D eigenvalue weighted by atomic mass is 10.0. The van der Waals surface area contributed by atoms with Crippen LogP contribution in [0.15, 0.2) is 104 Å². The number of carbonyl (C=O) groups excluding carboxylic acids is 2. The fraction of sp³-hybridized carbons (Fsp3) is 0.250. The number of benzene rings is 3. The van der Waals surface area contributed by atoms with Crippen molar-refractivity contribution >= 4 is 17.9 Å². The van der Waals surface area contributed by atoms with E-state index < -0.39 is 12.1 Å². The molecule has 2 aliphatic heterocycles. The van der Waals surface area contributed by atoms with Gasteiger partial charge in [-0.25, -0.2) is 19.7 Å². The van der Waals surface area contributed by atoms with Gasteiger partial charge in [0, 0.05) is 20.1 Å². The average molecular weight is 710 g/mol. The monoisotopic (exact) mass is 709 g/mol. The minimum absolute atomic E-state index is 0.0364. The lowest BCUT2D eigenvalue weighted by Crippen LogP contribution is -2.42. The Labute approximate surface area is 305 Å². The Morgan fingerprint density at radius 1 is 0.736 bits per heavy atom. The predicted octanol–water partition coefficient (Wildman–Crippen LogP) is 6.52. The zero-order valence-corrected chi connectivity index (χ0v) is 29.1. The highest BCUT2D eigenvalue weighted by atomic mass is 16.4. The summed E-state index contributed by atoms with van der Waals surface area (Å²) in [6.45, 7) is 1.20. The van der Waals surface area contributed by atoms with Crippen LogP contribution in [0, 0.1) is 0 Å². The molecule has 3 amide bonds. The van der Waals surface area contributed by atoms with Crippen molar-refractivity contribution in [3.8, 4) is 33.6 Å². The number of aryl methyl sites for hydroxylation is 1. The zero-order valence-electron chi connectivity index (χ0n) is 29.1. The highest BCUT2D eigenvalue weighted by Crippen LogP contribution is 2.35. The van der Waals surface area contributed by atoms with Crippen LogP contribution in [-0.2, 0) is 11.8 Å². The van der Waals surface area contributed by atoms with Gasteiger partial charge in [-0.1, -0.05) is 78.9 Å². The molecule has 13 nitrogen and oxygen atoms in total. The van der Waals surface area contributed by atoms with Crippen molar-refractivity contribution in [1.82, 2.24) is 44.6 Å². The van der Waals surface area contributed by atoms with E-state index in [0.29, 0.717) is 30.2 Å². The predicted molar refractivity (Wildman–Crippen MR) is 197 cm³/mol. The van der Waals surface area contributed by atoms with Gasteiger partial charge in [0.15, 0.2) is 0 Å². The van der Waals surface area contributed by atoms with Crippen molar-refractivity contribution in [1.29, 1.82) is 0 Å². The number of nitrogens with one attached hydrogen (secondary N) is 3. The Hall–Kier alpha value is -6.50. The lowest BCUT2D eigenvalue weighted by Gasteiger charge is -2.28. The summed E-state index contributed by atoms with van der Waals surface area (Å²) in [4.78, 5) is 62.4. The number of H-pyrrole nitrogens is 2. The van der Waals surface area contributed by atoms with Gasteiger partial charge < -0.3 is 34.8 Å². The van der Waals surface area contributed by atoms with Crippen LogP contribution in [0.25, 0.3) is 33.6 Å². The molecule has 2 aliphatic rings. The van der Waals surface area contributed by atoms with E-state index in [4.69, 9.17) is 0 Å². The topological polar surface area (TPSA) is 165 Å². The molecule has 0 spiro atoms. The van der Waals surface area contributed by atoms with Crippen LogP contribution in [0.1, 0.15) is 71.5 Å². The van der Waals surface area contributed by atoms with Crippen molar-refractivity contribution < 1.29 is 19.5 Å². The summed E-state index contributed by atoms with van der Waals surface area (Å²) in [5.41, 5.74) is 6.99. The lowest BCUT2D eigenvalue weighted by molar-refractivity contribution is -0.134. The van der Waals surface area contributed by atoms with E-state index >= 15 is 0 Å². The molecule has 0 unspecified atom stereocenters. The maximum Gasteiger partial charge on any atom is 0.405 e. The molecule has 4 N–H and O–H groups in total. The van der Waals surface area contributed by atoms with Crippen molar-refractivity contribution in [3.63, 3.8) is 0 Å². The summed E-state index contributed by atoms with van der Waals surface area (Å²) < 4.78 is 1.75. The normalized spacial score (nSPS) is 17.6. The van der Waals surface area contributed by atoms with Gasteiger partial charge in [0.1, 0.15) is 23.4 Å². The third kappa shape index (κ3) is 6.68. The Bertz CT molecular complexity index is 2240. The molecule has 268 valence electrons. The molecular weight excluding hydrogens is 670 g/mol. The molecule has 0 radical (unpaired) electrons.